The molecule has 0 spiro atoms. The number of hydrogen-bond acceptors (Lipinski definition) is 4. The molecule has 2 aliphatic rings. The quantitative estimate of drug-likeness (QED) is 0.781. The van der Waals surface area contributed by atoms with E-state index in [9.17, 15) is 13.6 Å². The minimum absolute atomic E-state index is 0.0284. The van der Waals surface area contributed by atoms with Gasteiger partial charge in [0.15, 0.2) is 5.78 Å². The molecule has 134 valence electrons. The van der Waals surface area contributed by atoms with Gasteiger partial charge in [-0.05, 0) is 37.1 Å². The number of fused-ring (bicyclic) bond motifs is 1. The summed E-state index contributed by atoms with van der Waals surface area (Å²) < 4.78 is 28.0. The molecule has 3 heterocycles. The molecule has 0 radical (unpaired) electrons. The number of hydrogen-bond donors (Lipinski definition) is 0. The monoisotopic (exact) mass is 355 g/mol. The summed E-state index contributed by atoms with van der Waals surface area (Å²) in [4.78, 5) is 23.0. The Morgan fingerprint density at radius 3 is 2.96 bits per heavy atom. The Morgan fingerprint density at radius 1 is 1.31 bits per heavy atom. The lowest BCUT2D eigenvalue weighted by molar-refractivity contribution is 0.0988. The summed E-state index contributed by atoms with van der Waals surface area (Å²) in [6, 6.07) is 5.14. The Balaban J connectivity index is 1.71. The van der Waals surface area contributed by atoms with E-state index in [2.05, 4.69) is 9.98 Å². The van der Waals surface area contributed by atoms with Crippen LogP contribution < -0.4 is 0 Å². The first kappa shape index (κ1) is 16.8. The third kappa shape index (κ3) is 2.79. The number of rotatable bonds is 3. The Labute approximate surface area is 150 Å². The van der Waals surface area contributed by atoms with Gasteiger partial charge in [-0.1, -0.05) is 6.92 Å². The van der Waals surface area contributed by atoms with Crippen molar-refractivity contribution in [3.05, 3.63) is 64.5 Å². The average Bonchev–Trinajstić information content (AvgIpc) is 3.28. The van der Waals surface area contributed by atoms with Gasteiger partial charge in [0.25, 0.3) is 0 Å². The molecule has 2 aromatic rings. The van der Waals surface area contributed by atoms with Crippen molar-refractivity contribution in [1.29, 1.82) is 0 Å². The van der Waals surface area contributed by atoms with E-state index in [1.807, 2.05) is 17.9 Å². The van der Waals surface area contributed by atoms with E-state index in [0.717, 1.165) is 36.0 Å². The number of aromatic nitrogens is 1. The molecule has 0 aliphatic carbocycles. The van der Waals surface area contributed by atoms with Crippen LogP contribution >= 0.6 is 0 Å². The maximum Gasteiger partial charge on any atom is 0.164 e. The molecule has 0 saturated carbocycles. The average molecular weight is 355 g/mol. The number of benzene rings is 1. The van der Waals surface area contributed by atoms with Crippen molar-refractivity contribution in [2.45, 2.75) is 38.8 Å². The van der Waals surface area contributed by atoms with Crippen molar-refractivity contribution < 1.29 is 13.6 Å². The van der Waals surface area contributed by atoms with Crippen LogP contribution in [0.4, 0.5) is 8.78 Å². The zero-order chi connectivity index (χ0) is 18.3. The highest BCUT2D eigenvalue weighted by atomic mass is 19.1. The number of carbonyl (C=O) groups is 1. The maximum atomic E-state index is 14.3. The smallest absolute Gasteiger partial charge is 0.164 e. The lowest BCUT2D eigenvalue weighted by Gasteiger charge is -2.27. The molecule has 0 unspecified atom stereocenters. The Kier molecular flexibility index (Phi) is 4.26. The first-order valence-electron chi connectivity index (χ1n) is 8.87. The van der Waals surface area contributed by atoms with E-state index in [-0.39, 0.29) is 11.8 Å². The van der Waals surface area contributed by atoms with Crippen LogP contribution in [0.15, 0.2) is 35.5 Å². The van der Waals surface area contributed by atoms with Crippen molar-refractivity contribution in [2.24, 2.45) is 4.99 Å². The Morgan fingerprint density at radius 2 is 2.15 bits per heavy atom. The highest BCUT2D eigenvalue weighted by Crippen LogP contribution is 2.36. The number of nitrogens with zero attached hydrogens (tertiary/aromatic N) is 3. The largest absolute Gasteiger partial charge is 0.349 e. The number of Topliss-reactive ketones (excluding diaryl/α,β-unsaturated/α-hetero) is 1. The molecular formula is C20H19F2N3O. The van der Waals surface area contributed by atoms with Crippen molar-refractivity contribution >= 4 is 11.6 Å². The van der Waals surface area contributed by atoms with Crippen molar-refractivity contribution in [1.82, 2.24) is 9.88 Å². The highest BCUT2D eigenvalue weighted by molar-refractivity contribution is 6.04. The van der Waals surface area contributed by atoms with Gasteiger partial charge in [-0.15, -0.1) is 0 Å². The van der Waals surface area contributed by atoms with Crippen LogP contribution in [-0.4, -0.2) is 28.0 Å². The zero-order valence-electron chi connectivity index (χ0n) is 14.5. The molecule has 0 amide bonds. The summed E-state index contributed by atoms with van der Waals surface area (Å²) in [5, 5.41) is 0. The fourth-order valence-corrected chi connectivity index (χ4v) is 3.76. The van der Waals surface area contributed by atoms with Gasteiger partial charge in [-0.2, -0.15) is 0 Å². The van der Waals surface area contributed by atoms with Crippen LogP contribution in [0, 0.1) is 11.6 Å². The molecule has 1 fully saturated rings. The minimum Gasteiger partial charge on any atom is -0.349 e. The number of likely N-dealkylation sites (tertiary alicyclic amines) is 1. The van der Waals surface area contributed by atoms with Crippen LogP contribution in [0.25, 0.3) is 0 Å². The maximum absolute atomic E-state index is 14.3. The van der Waals surface area contributed by atoms with Crippen molar-refractivity contribution in [3.8, 4) is 0 Å². The summed E-state index contributed by atoms with van der Waals surface area (Å²) in [6.07, 6.45) is 3.61. The van der Waals surface area contributed by atoms with Crippen LogP contribution in [0.5, 0.6) is 0 Å². The van der Waals surface area contributed by atoms with E-state index in [0.29, 0.717) is 30.6 Å². The molecule has 4 nitrogen and oxygen atoms in total. The SMILES string of the molecule is CCC(=O)c1cnc2c(c1)C(N1CCC[C@@H]1c1cc(F)ccc1F)=NC2. The third-order valence-corrected chi connectivity index (χ3v) is 5.07. The Bertz CT molecular complexity index is 910. The van der Waals surface area contributed by atoms with Gasteiger partial charge in [0.2, 0.25) is 0 Å². The van der Waals surface area contributed by atoms with Crippen LogP contribution in [0.3, 0.4) is 0 Å². The summed E-state index contributed by atoms with van der Waals surface area (Å²) in [6.45, 7) is 2.97. The standard InChI is InChI=1S/C20H19F2N3O/c1-2-19(26)12-8-15-17(23-10-12)11-24-20(15)25-7-3-4-18(25)14-9-13(21)5-6-16(14)22/h5-6,8-10,18H,2-4,7,11H2,1H3/t18-/m1/s1. The molecule has 1 aromatic heterocycles. The normalized spacial score (nSPS) is 18.8. The number of ketones is 1. The molecule has 1 aromatic carbocycles. The molecule has 26 heavy (non-hydrogen) atoms. The predicted molar refractivity (Wildman–Crippen MR) is 94.1 cm³/mol. The van der Waals surface area contributed by atoms with E-state index in [4.69, 9.17) is 0 Å². The van der Waals surface area contributed by atoms with Crippen molar-refractivity contribution in [3.63, 3.8) is 0 Å². The lowest BCUT2D eigenvalue weighted by atomic mass is 10.0. The summed E-state index contributed by atoms with van der Waals surface area (Å²) in [5.41, 5.74) is 2.56. The van der Waals surface area contributed by atoms with Gasteiger partial charge in [-0.3, -0.25) is 14.8 Å². The van der Waals surface area contributed by atoms with Gasteiger partial charge in [0, 0.05) is 35.9 Å². The van der Waals surface area contributed by atoms with Crippen LogP contribution in [0.1, 0.15) is 59.4 Å². The second-order valence-electron chi connectivity index (χ2n) is 6.65. The number of halogens is 2. The number of amidine groups is 1. The van der Waals surface area contributed by atoms with Gasteiger partial charge in [0.1, 0.15) is 17.5 Å². The third-order valence-electron chi connectivity index (χ3n) is 5.07. The second kappa shape index (κ2) is 6.59. The summed E-state index contributed by atoms with van der Waals surface area (Å²) in [5.74, 6) is -0.0974. The molecular weight excluding hydrogens is 336 g/mol. The number of carbonyl (C=O) groups excluding carboxylic acids is 1. The molecule has 0 bridgehead atoms. The van der Waals surface area contributed by atoms with E-state index >= 15 is 0 Å². The predicted octanol–water partition coefficient (Wildman–Crippen LogP) is 4.05. The van der Waals surface area contributed by atoms with Gasteiger partial charge in [-0.25, -0.2) is 8.78 Å². The van der Waals surface area contributed by atoms with Crippen LogP contribution in [-0.2, 0) is 6.54 Å². The summed E-state index contributed by atoms with van der Waals surface area (Å²) in [7, 11) is 0. The van der Waals surface area contributed by atoms with E-state index in [1.165, 1.54) is 12.1 Å². The first-order valence-corrected chi connectivity index (χ1v) is 8.87. The Hall–Kier alpha value is -2.63. The first-order chi connectivity index (χ1) is 12.6. The molecule has 1 saturated heterocycles. The number of aliphatic imine (C=N–C) groups is 1. The molecule has 6 heteroatoms. The molecule has 2 aliphatic heterocycles. The fourth-order valence-electron chi connectivity index (χ4n) is 3.76. The zero-order valence-corrected chi connectivity index (χ0v) is 14.5. The van der Waals surface area contributed by atoms with E-state index < -0.39 is 11.6 Å². The second-order valence-corrected chi connectivity index (χ2v) is 6.65. The topological polar surface area (TPSA) is 45.6 Å². The molecule has 0 N–H and O–H groups in total. The van der Waals surface area contributed by atoms with Gasteiger partial charge < -0.3 is 4.90 Å². The molecule has 1 atom stereocenters. The minimum atomic E-state index is -0.445. The summed E-state index contributed by atoms with van der Waals surface area (Å²) >= 11 is 0. The lowest BCUT2D eigenvalue weighted by Crippen LogP contribution is -2.31. The molecule has 4 rings (SSSR count). The van der Waals surface area contributed by atoms with E-state index in [1.54, 1.807) is 6.20 Å². The number of pyridine rings is 1. The highest BCUT2D eigenvalue weighted by Gasteiger charge is 2.34. The van der Waals surface area contributed by atoms with Crippen LogP contribution in [0.2, 0.25) is 0 Å². The fraction of sp³-hybridized carbons (Fsp3) is 0.350. The van der Waals surface area contributed by atoms with Gasteiger partial charge in [0.05, 0.1) is 18.3 Å². The van der Waals surface area contributed by atoms with Gasteiger partial charge >= 0.3 is 0 Å². The van der Waals surface area contributed by atoms with Crippen molar-refractivity contribution in [2.75, 3.05) is 6.54 Å².